The second-order valence-corrected chi connectivity index (χ2v) is 10.1. The van der Waals surface area contributed by atoms with Gasteiger partial charge in [0.1, 0.15) is 11.5 Å². The van der Waals surface area contributed by atoms with E-state index in [1.807, 2.05) is 36.4 Å². The molecule has 4 aromatic carbocycles. The summed E-state index contributed by atoms with van der Waals surface area (Å²) >= 11 is 0. The van der Waals surface area contributed by atoms with E-state index in [1.165, 1.54) is 12.2 Å². The molecule has 0 spiro atoms. The second kappa shape index (κ2) is 17.1. The third kappa shape index (κ3) is 9.50. The molecule has 0 unspecified atom stereocenters. The van der Waals surface area contributed by atoms with Gasteiger partial charge in [0.2, 0.25) is 0 Å². The summed E-state index contributed by atoms with van der Waals surface area (Å²) in [7, 11) is 6.30. The van der Waals surface area contributed by atoms with Gasteiger partial charge in [-0.3, -0.25) is 9.59 Å². The molecule has 0 saturated carbocycles. The SMILES string of the molecule is COc1ccc(/C=C/C(=O)c2cccc(OCCCCOc3cccc(C(=O)/C=C/c4ccc(OC)c(OC)c4)c3)c2)cc1OC. The smallest absolute Gasteiger partial charge is 0.185 e. The standard InChI is InChI=1S/C38H38O8/c1-41-35-19-15-27(23-37(35)43-3)13-17-33(39)29-9-7-11-31(25-29)45-21-5-6-22-46-32-12-8-10-30(26-32)34(40)18-14-28-16-20-36(42-2)38(24-28)44-4/h7-20,23-26H,5-6,21-22H2,1-4H3/b17-13+,18-14+. The van der Waals surface area contributed by atoms with Crippen molar-refractivity contribution in [3.8, 4) is 34.5 Å². The van der Waals surface area contributed by atoms with Crippen molar-refractivity contribution in [2.75, 3.05) is 41.7 Å². The highest BCUT2D eigenvalue weighted by atomic mass is 16.5. The summed E-state index contributed by atoms with van der Waals surface area (Å²) < 4.78 is 32.9. The van der Waals surface area contributed by atoms with Gasteiger partial charge < -0.3 is 28.4 Å². The Hall–Kier alpha value is -5.50. The predicted octanol–water partition coefficient (Wildman–Crippen LogP) is 7.75. The number of ether oxygens (including phenoxy) is 6. The van der Waals surface area contributed by atoms with E-state index in [-0.39, 0.29) is 11.6 Å². The predicted molar refractivity (Wildman–Crippen MR) is 179 cm³/mol. The first-order valence-electron chi connectivity index (χ1n) is 14.8. The van der Waals surface area contributed by atoms with Gasteiger partial charge in [-0.1, -0.05) is 48.6 Å². The minimum absolute atomic E-state index is 0.134. The van der Waals surface area contributed by atoms with Crippen molar-refractivity contribution in [2.45, 2.75) is 12.8 Å². The molecular weight excluding hydrogens is 584 g/mol. The lowest BCUT2D eigenvalue weighted by Crippen LogP contribution is -2.04. The van der Waals surface area contributed by atoms with Gasteiger partial charge in [-0.15, -0.1) is 0 Å². The highest BCUT2D eigenvalue weighted by molar-refractivity contribution is 6.07. The number of ketones is 2. The zero-order valence-electron chi connectivity index (χ0n) is 26.5. The van der Waals surface area contributed by atoms with Crippen LogP contribution in [0.25, 0.3) is 12.2 Å². The Labute approximate surface area is 269 Å². The first-order valence-corrected chi connectivity index (χ1v) is 14.8. The first kappa shape index (κ1) is 33.4. The van der Waals surface area contributed by atoms with E-state index in [2.05, 4.69) is 0 Å². The van der Waals surface area contributed by atoms with E-state index in [1.54, 1.807) is 89.1 Å². The molecule has 0 aliphatic carbocycles. The lowest BCUT2D eigenvalue weighted by molar-refractivity contribution is 0.103. The van der Waals surface area contributed by atoms with E-state index in [0.717, 1.165) is 24.0 Å². The first-order chi connectivity index (χ1) is 22.4. The molecule has 0 atom stereocenters. The van der Waals surface area contributed by atoms with Crippen LogP contribution in [0.15, 0.2) is 97.1 Å². The average Bonchev–Trinajstić information content (AvgIpc) is 3.10. The van der Waals surface area contributed by atoms with Gasteiger partial charge in [-0.2, -0.15) is 0 Å². The average molecular weight is 623 g/mol. The number of unbranched alkanes of at least 4 members (excludes halogenated alkanes) is 1. The molecule has 8 heteroatoms. The summed E-state index contributed by atoms with van der Waals surface area (Å²) in [6.45, 7) is 0.948. The van der Waals surface area contributed by atoms with Crippen LogP contribution in [0.3, 0.4) is 0 Å². The summed E-state index contributed by atoms with van der Waals surface area (Å²) in [5.74, 6) is 3.42. The van der Waals surface area contributed by atoms with Gasteiger partial charge in [-0.05, 0) is 84.7 Å². The zero-order chi connectivity index (χ0) is 32.7. The van der Waals surface area contributed by atoms with E-state index < -0.39 is 0 Å². The third-order valence-corrected chi connectivity index (χ3v) is 6.98. The van der Waals surface area contributed by atoms with Crippen LogP contribution in [-0.2, 0) is 0 Å². The number of hydrogen-bond donors (Lipinski definition) is 0. The number of methoxy groups -OCH3 is 4. The normalized spacial score (nSPS) is 11.0. The Kier molecular flexibility index (Phi) is 12.4. The van der Waals surface area contributed by atoms with Crippen molar-refractivity contribution >= 4 is 23.7 Å². The second-order valence-electron chi connectivity index (χ2n) is 10.1. The maximum atomic E-state index is 12.8. The number of benzene rings is 4. The third-order valence-electron chi connectivity index (χ3n) is 6.98. The Bertz CT molecular complexity index is 1560. The monoisotopic (exact) mass is 622 g/mol. The highest BCUT2D eigenvalue weighted by Crippen LogP contribution is 2.29. The number of rotatable bonds is 17. The van der Waals surface area contributed by atoms with Crippen LogP contribution >= 0.6 is 0 Å². The molecule has 8 nitrogen and oxygen atoms in total. The molecule has 238 valence electrons. The Morgan fingerprint density at radius 3 is 1.33 bits per heavy atom. The van der Waals surface area contributed by atoms with E-state index in [9.17, 15) is 9.59 Å². The fourth-order valence-electron chi connectivity index (χ4n) is 4.51. The molecule has 4 rings (SSSR count). The highest BCUT2D eigenvalue weighted by Gasteiger charge is 2.08. The molecule has 0 fully saturated rings. The molecule has 0 aliphatic rings. The molecule has 4 aromatic rings. The minimum atomic E-state index is -0.134. The van der Waals surface area contributed by atoms with Gasteiger partial charge in [-0.25, -0.2) is 0 Å². The minimum Gasteiger partial charge on any atom is -0.494 e. The molecule has 0 heterocycles. The van der Waals surface area contributed by atoms with Crippen molar-refractivity contribution in [1.29, 1.82) is 0 Å². The van der Waals surface area contributed by atoms with Crippen LogP contribution in [0.4, 0.5) is 0 Å². The summed E-state index contributed by atoms with van der Waals surface area (Å²) in [4.78, 5) is 25.5. The van der Waals surface area contributed by atoms with E-state index >= 15 is 0 Å². The fourth-order valence-corrected chi connectivity index (χ4v) is 4.51. The molecule has 0 saturated heterocycles. The molecule has 0 amide bonds. The van der Waals surface area contributed by atoms with Gasteiger partial charge in [0.15, 0.2) is 34.6 Å². The maximum Gasteiger partial charge on any atom is 0.185 e. The molecule has 0 radical (unpaired) electrons. The van der Waals surface area contributed by atoms with Crippen molar-refractivity contribution in [2.24, 2.45) is 0 Å². The summed E-state index contributed by atoms with van der Waals surface area (Å²) in [6, 6.07) is 25.1. The Morgan fingerprint density at radius 2 is 0.935 bits per heavy atom. The van der Waals surface area contributed by atoms with Crippen LogP contribution in [0, 0.1) is 0 Å². The summed E-state index contributed by atoms with van der Waals surface area (Å²) in [6.07, 6.45) is 8.03. The van der Waals surface area contributed by atoms with Crippen LogP contribution in [0.2, 0.25) is 0 Å². The van der Waals surface area contributed by atoms with Crippen molar-refractivity contribution in [3.05, 3.63) is 119 Å². The van der Waals surface area contributed by atoms with Crippen LogP contribution in [0.5, 0.6) is 34.5 Å². The topological polar surface area (TPSA) is 89.5 Å². The van der Waals surface area contributed by atoms with Crippen molar-refractivity contribution < 1.29 is 38.0 Å². The van der Waals surface area contributed by atoms with Gasteiger partial charge in [0, 0.05) is 11.1 Å². The zero-order valence-corrected chi connectivity index (χ0v) is 26.5. The largest absolute Gasteiger partial charge is 0.494 e. The Balaban J connectivity index is 1.21. The van der Waals surface area contributed by atoms with Crippen LogP contribution in [-0.4, -0.2) is 53.2 Å². The molecular formula is C38H38O8. The molecule has 0 bridgehead atoms. The van der Waals surface area contributed by atoms with Gasteiger partial charge >= 0.3 is 0 Å². The van der Waals surface area contributed by atoms with Crippen molar-refractivity contribution in [3.63, 3.8) is 0 Å². The molecule has 46 heavy (non-hydrogen) atoms. The molecule has 0 N–H and O–H groups in total. The molecule has 0 aliphatic heterocycles. The van der Waals surface area contributed by atoms with Crippen LogP contribution in [0.1, 0.15) is 44.7 Å². The molecule has 0 aromatic heterocycles. The maximum absolute atomic E-state index is 12.8. The number of allylic oxidation sites excluding steroid dienone is 2. The number of hydrogen-bond acceptors (Lipinski definition) is 8. The van der Waals surface area contributed by atoms with Crippen molar-refractivity contribution in [1.82, 2.24) is 0 Å². The Morgan fingerprint density at radius 1 is 0.522 bits per heavy atom. The quantitative estimate of drug-likeness (QED) is 0.0671. The number of carbonyl (C=O) groups excluding carboxylic acids is 2. The lowest BCUT2D eigenvalue weighted by atomic mass is 10.1. The summed E-state index contributed by atoms with van der Waals surface area (Å²) in [5.41, 5.74) is 2.71. The van der Waals surface area contributed by atoms with E-state index in [0.29, 0.717) is 58.8 Å². The summed E-state index contributed by atoms with van der Waals surface area (Å²) in [5, 5.41) is 0. The van der Waals surface area contributed by atoms with Crippen LogP contribution < -0.4 is 28.4 Å². The van der Waals surface area contributed by atoms with Gasteiger partial charge in [0.05, 0.1) is 41.7 Å². The van der Waals surface area contributed by atoms with E-state index in [4.69, 9.17) is 28.4 Å². The number of carbonyl (C=O) groups is 2. The lowest BCUT2D eigenvalue weighted by Gasteiger charge is -2.09. The van der Waals surface area contributed by atoms with Gasteiger partial charge in [0.25, 0.3) is 0 Å². The fraction of sp³-hybridized carbons (Fsp3) is 0.211.